The van der Waals surface area contributed by atoms with Crippen LogP contribution in [0.15, 0.2) is 23.3 Å². The van der Waals surface area contributed by atoms with E-state index in [1.54, 1.807) is 19.9 Å². The lowest BCUT2D eigenvalue weighted by Crippen LogP contribution is -2.45. The summed E-state index contributed by atoms with van der Waals surface area (Å²) >= 11 is 0. The van der Waals surface area contributed by atoms with Crippen LogP contribution in [0.4, 0.5) is 0 Å². The van der Waals surface area contributed by atoms with E-state index < -0.39 is 17.5 Å². The summed E-state index contributed by atoms with van der Waals surface area (Å²) in [6.45, 7) is 6.71. The second-order valence-corrected chi connectivity index (χ2v) is 7.09. The third-order valence-electron chi connectivity index (χ3n) is 5.55. The van der Waals surface area contributed by atoms with E-state index in [4.69, 9.17) is 9.47 Å². The predicted octanol–water partition coefficient (Wildman–Crippen LogP) is 1.19. The van der Waals surface area contributed by atoms with Crippen molar-refractivity contribution < 1.29 is 24.2 Å². The smallest absolute Gasteiger partial charge is 0.338 e. The topological polar surface area (TPSA) is 76.1 Å². The Morgan fingerprint density at radius 1 is 1.42 bits per heavy atom. The molecule has 3 rings (SSSR count). The van der Waals surface area contributed by atoms with E-state index in [-0.39, 0.29) is 31.1 Å². The van der Waals surface area contributed by atoms with Crippen LogP contribution in [0.2, 0.25) is 0 Å². The number of allylic oxidation sites excluding steroid dienone is 1. The maximum absolute atomic E-state index is 12.5. The van der Waals surface area contributed by atoms with Gasteiger partial charge in [0.15, 0.2) is 5.60 Å². The molecule has 4 atom stereocenters. The van der Waals surface area contributed by atoms with Gasteiger partial charge in [0, 0.05) is 18.7 Å². The predicted molar refractivity (Wildman–Crippen MR) is 87.1 cm³/mol. The van der Waals surface area contributed by atoms with E-state index in [9.17, 15) is 14.7 Å². The number of hydrogen-bond donors (Lipinski definition) is 1. The van der Waals surface area contributed by atoms with Gasteiger partial charge in [0.1, 0.15) is 12.7 Å². The molecule has 0 radical (unpaired) electrons. The number of cyclic esters (lactones) is 1. The second-order valence-electron chi connectivity index (χ2n) is 7.09. The molecular formula is C18H25NO5. The summed E-state index contributed by atoms with van der Waals surface area (Å²) in [6, 6.07) is -0.0262. The zero-order valence-corrected chi connectivity index (χ0v) is 14.4. The van der Waals surface area contributed by atoms with E-state index in [0.29, 0.717) is 5.57 Å². The van der Waals surface area contributed by atoms with Crippen molar-refractivity contribution in [1.82, 2.24) is 4.90 Å². The first-order chi connectivity index (χ1) is 11.3. The van der Waals surface area contributed by atoms with E-state index in [2.05, 4.69) is 4.90 Å². The first kappa shape index (κ1) is 17.2. The molecule has 3 heterocycles. The molecule has 3 aliphatic rings. The normalized spacial score (nSPS) is 39.6. The first-order valence-electron chi connectivity index (χ1n) is 8.53. The van der Waals surface area contributed by atoms with Gasteiger partial charge in [-0.1, -0.05) is 19.1 Å². The summed E-state index contributed by atoms with van der Waals surface area (Å²) in [5.74, 6) is -1.46. The number of hydrogen-bond acceptors (Lipinski definition) is 6. The van der Waals surface area contributed by atoms with Gasteiger partial charge in [-0.05, 0) is 38.2 Å². The van der Waals surface area contributed by atoms with Crippen LogP contribution in [0, 0.1) is 5.92 Å². The molecule has 0 saturated carbocycles. The minimum Gasteiger partial charge on any atom is -0.459 e. The number of aliphatic hydroxyl groups is 1. The van der Waals surface area contributed by atoms with Crippen LogP contribution in [0.3, 0.4) is 0 Å². The summed E-state index contributed by atoms with van der Waals surface area (Å²) in [4.78, 5) is 27.1. The summed E-state index contributed by atoms with van der Waals surface area (Å²) < 4.78 is 11.2. The molecule has 6 nitrogen and oxygen atoms in total. The Labute approximate surface area is 142 Å². The van der Waals surface area contributed by atoms with Crippen molar-refractivity contribution in [2.24, 2.45) is 5.92 Å². The Kier molecular flexibility index (Phi) is 4.53. The Balaban J connectivity index is 1.91. The molecular weight excluding hydrogens is 310 g/mol. The summed E-state index contributed by atoms with van der Waals surface area (Å²) in [5, 5.41) is 10.6. The van der Waals surface area contributed by atoms with Gasteiger partial charge in [0.05, 0.1) is 6.04 Å². The molecule has 0 unspecified atom stereocenters. The average molecular weight is 335 g/mol. The lowest BCUT2D eigenvalue weighted by atomic mass is 9.85. The van der Waals surface area contributed by atoms with Crippen LogP contribution in [0.1, 0.15) is 33.6 Å². The van der Waals surface area contributed by atoms with Gasteiger partial charge in [-0.15, -0.1) is 0 Å². The van der Waals surface area contributed by atoms with Crippen LogP contribution in [0.5, 0.6) is 0 Å². The Morgan fingerprint density at radius 2 is 2.17 bits per heavy atom. The van der Waals surface area contributed by atoms with Crippen molar-refractivity contribution in [3.63, 3.8) is 0 Å². The Morgan fingerprint density at radius 3 is 2.88 bits per heavy atom. The number of nitrogens with zero attached hydrogens (tertiary/aromatic N) is 1. The molecule has 0 spiro atoms. The molecule has 2 fully saturated rings. The maximum Gasteiger partial charge on any atom is 0.338 e. The van der Waals surface area contributed by atoms with Gasteiger partial charge in [-0.2, -0.15) is 0 Å². The molecule has 1 N–H and O–H groups in total. The fourth-order valence-electron chi connectivity index (χ4n) is 3.68. The summed E-state index contributed by atoms with van der Waals surface area (Å²) in [6.07, 6.45) is 4.56. The summed E-state index contributed by atoms with van der Waals surface area (Å²) in [7, 11) is 0. The van der Waals surface area contributed by atoms with Crippen molar-refractivity contribution in [1.29, 1.82) is 0 Å². The van der Waals surface area contributed by atoms with Gasteiger partial charge in [-0.3, -0.25) is 4.90 Å². The number of carbonyl (C=O) groups is 2. The average Bonchev–Trinajstić information content (AvgIpc) is 3.12. The van der Waals surface area contributed by atoms with Crippen molar-refractivity contribution in [2.45, 2.75) is 51.4 Å². The summed E-state index contributed by atoms with van der Waals surface area (Å²) in [5.41, 5.74) is -0.218. The van der Waals surface area contributed by atoms with E-state index in [0.717, 1.165) is 25.1 Å². The van der Waals surface area contributed by atoms with Crippen molar-refractivity contribution in [3.05, 3.63) is 23.3 Å². The molecule has 0 aliphatic carbocycles. The van der Waals surface area contributed by atoms with Crippen LogP contribution in [0.25, 0.3) is 0 Å². The fourth-order valence-corrected chi connectivity index (χ4v) is 3.68. The Hall–Kier alpha value is -1.66. The third-order valence-corrected chi connectivity index (χ3v) is 5.55. The van der Waals surface area contributed by atoms with Crippen LogP contribution >= 0.6 is 0 Å². The van der Waals surface area contributed by atoms with Crippen LogP contribution < -0.4 is 0 Å². The van der Waals surface area contributed by atoms with Gasteiger partial charge >= 0.3 is 11.9 Å². The van der Waals surface area contributed by atoms with Crippen molar-refractivity contribution >= 4 is 11.9 Å². The second kappa shape index (κ2) is 6.33. The van der Waals surface area contributed by atoms with E-state index >= 15 is 0 Å². The molecule has 0 bridgehead atoms. The number of ether oxygens (including phenoxy) is 2. The van der Waals surface area contributed by atoms with Crippen molar-refractivity contribution in [2.75, 3.05) is 19.7 Å². The zero-order valence-electron chi connectivity index (χ0n) is 14.4. The number of esters is 2. The minimum atomic E-state index is -1.65. The van der Waals surface area contributed by atoms with Gasteiger partial charge in [-0.25, -0.2) is 9.59 Å². The third kappa shape index (κ3) is 2.89. The number of carbonyl (C=O) groups excluding carboxylic acids is 2. The molecule has 0 aromatic rings. The highest BCUT2D eigenvalue weighted by Gasteiger charge is 2.45. The zero-order chi connectivity index (χ0) is 17.5. The minimum absolute atomic E-state index is 0.0262. The highest BCUT2D eigenvalue weighted by atomic mass is 16.6. The monoisotopic (exact) mass is 335 g/mol. The lowest BCUT2D eigenvalue weighted by Gasteiger charge is -2.31. The Bertz CT molecular complexity index is 607. The molecule has 0 aromatic carbocycles. The highest BCUT2D eigenvalue weighted by molar-refractivity contribution is 5.89. The van der Waals surface area contributed by atoms with E-state index in [1.165, 1.54) is 6.92 Å². The molecule has 0 aromatic heterocycles. The lowest BCUT2D eigenvalue weighted by molar-refractivity contribution is -0.169. The van der Waals surface area contributed by atoms with Gasteiger partial charge in [0.2, 0.25) is 0 Å². The molecule has 0 amide bonds. The molecule has 24 heavy (non-hydrogen) atoms. The standard InChI is InChI=1S/C18H25NO5/c1-4-12-9-11(2)18(3,22)17(21)23-10-13-5-7-19-8-6-14(15(13)19)24-16(12)20/h4-5,11,14-15,22H,6-10H2,1-3H3/b12-4-/t11-,14-,15-,18+/m0/s1. The van der Waals surface area contributed by atoms with Crippen molar-refractivity contribution in [3.8, 4) is 0 Å². The molecule has 6 heteroatoms. The number of rotatable bonds is 0. The quantitative estimate of drug-likeness (QED) is 0.407. The van der Waals surface area contributed by atoms with Crippen LogP contribution in [-0.4, -0.2) is 59.4 Å². The van der Waals surface area contributed by atoms with Gasteiger partial charge < -0.3 is 14.6 Å². The molecule has 3 aliphatic heterocycles. The maximum atomic E-state index is 12.5. The molecule has 2 saturated heterocycles. The van der Waals surface area contributed by atoms with Crippen LogP contribution in [-0.2, 0) is 19.1 Å². The fraction of sp³-hybridized carbons (Fsp3) is 0.667. The highest BCUT2D eigenvalue weighted by Crippen LogP contribution is 2.34. The first-order valence-corrected chi connectivity index (χ1v) is 8.53. The largest absolute Gasteiger partial charge is 0.459 e. The SMILES string of the molecule is C/C=C1/C[C@H](C)[C@@](C)(O)C(=O)OCC2=CCN3CC[C@H](OC1=O)[C@H]23. The van der Waals surface area contributed by atoms with E-state index in [1.807, 2.05) is 6.08 Å². The molecule has 132 valence electrons. The van der Waals surface area contributed by atoms with Gasteiger partial charge in [0.25, 0.3) is 0 Å².